The number of alkyl halides is 1. The molecule has 0 aromatic carbocycles. The minimum atomic E-state index is -2.96. The second-order valence-electron chi connectivity index (χ2n) is 3.31. The minimum absolute atomic E-state index is 0.0250. The van der Waals surface area contributed by atoms with Gasteiger partial charge in [-0.3, -0.25) is 4.79 Å². The highest BCUT2D eigenvalue weighted by atomic mass is 35.5. The summed E-state index contributed by atoms with van der Waals surface area (Å²) in [6.45, 7) is 3.09. The van der Waals surface area contributed by atoms with E-state index in [4.69, 9.17) is 11.6 Å². The first-order valence-electron chi connectivity index (χ1n) is 4.69. The number of rotatable bonds is 7. The van der Waals surface area contributed by atoms with E-state index in [1.165, 1.54) is 6.92 Å². The van der Waals surface area contributed by atoms with Gasteiger partial charge in [-0.2, -0.15) is 0 Å². The van der Waals surface area contributed by atoms with Crippen LogP contribution in [0.25, 0.3) is 0 Å². The van der Waals surface area contributed by atoms with Crippen molar-refractivity contribution in [2.75, 3.05) is 17.4 Å². The molecule has 0 aromatic rings. The van der Waals surface area contributed by atoms with E-state index < -0.39 is 9.84 Å². The van der Waals surface area contributed by atoms with E-state index in [0.717, 1.165) is 0 Å². The number of carbonyl (C=O) groups is 1. The van der Waals surface area contributed by atoms with Gasteiger partial charge in [0, 0.05) is 17.6 Å². The molecule has 5 heteroatoms. The lowest BCUT2D eigenvalue weighted by molar-refractivity contribution is -0.120. The monoisotopic (exact) mass is 240 g/mol. The Balaban J connectivity index is 4.13. The molecule has 0 spiro atoms. The summed E-state index contributed by atoms with van der Waals surface area (Å²) in [5, 5.41) is 0. The molecule has 84 valence electrons. The lowest BCUT2D eigenvalue weighted by atomic mass is 9.99. The number of Topliss-reactive ketones (excluding diaryl/α,β-unsaturated/α-hetero) is 1. The smallest absolute Gasteiger partial charge is 0.150 e. The zero-order valence-electron chi connectivity index (χ0n) is 8.62. The van der Waals surface area contributed by atoms with Crippen molar-refractivity contribution in [2.45, 2.75) is 26.7 Å². The third kappa shape index (κ3) is 5.60. The highest BCUT2D eigenvalue weighted by Gasteiger charge is 2.17. The molecule has 1 atom stereocenters. The van der Waals surface area contributed by atoms with Gasteiger partial charge in [-0.1, -0.05) is 6.92 Å². The van der Waals surface area contributed by atoms with Crippen molar-refractivity contribution in [1.82, 2.24) is 0 Å². The molecule has 0 saturated carbocycles. The van der Waals surface area contributed by atoms with Gasteiger partial charge in [0.1, 0.15) is 15.6 Å². The topological polar surface area (TPSA) is 51.2 Å². The molecule has 0 amide bonds. The van der Waals surface area contributed by atoms with Crippen molar-refractivity contribution >= 4 is 27.2 Å². The summed E-state index contributed by atoms with van der Waals surface area (Å²) in [4.78, 5) is 11.1. The van der Waals surface area contributed by atoms with Gasteiger partial charge in [-0.05, 0) is 19.8 Å². The summed E-state index contributed by atoms with van der Waals surface area (Å²) in [6.07, 6.45) is 0.967. The normalized spacial score (nSPS) is 13.9. The van der Waals surface area contributed by atoms with Gasteiger partial charge >= 0.3 is 0 Å². The van der Waals surface area contributed by atoms with E-state index in [0.29, 0.717) is 18.7 Å². The third-order valence-electron chi connectivity index (χ3n) is 2.25. The first kappa shape index (κ1) is 13.9. The Bertz CT molecular complexity index is 272. The molecule has 3 nitrogen and oxygen atoms in total. The second kappa shape index (κ2) is 6.40. The Morgan fingerprint density at radius 2 is 1.93 bits per heavy atom. The van der Waals surface area contributed by atoms with Crippen LogP contribution in [0.2, 0.25) is 0 Å². The van der Waals surface area contributed by atoms with Crippen LogP contribution in [0.1, 0.15) is 26.7 Å². The fraction of sp³-hybridized carbons (Fsp3) is 0.889. The molecule has 14 heavy (non-hydrogen) atoms. The van der Waals surface area contributed by atoms with E-state index in [2.05, 4.69) is 0 Å². The molecule has 0 rings (SSSR count). The van der Waals surface area contributed by atoms with E-state index in [-0.39, 0.29) is 23.2 Å². The average Bonchev–Trinajstić information content (AvgIpc) is 2.12. The molecule has 0 N–H and O–H groups in total. The summed E-state index contributed by atoms with van der Waals surface area (Å²) in [5.41, 5.74) is 0. The van der Waals surface area contributed by atoms with Crippen molar-refractivity contribution in [2.24, 2.45) is 5.92 Å². The molecule has 0 aromatic heterocycles. The van der Waals surface area contributed by atoms with Crippen molar-refractivity contribution in [3.8, 4) is 0 Å². The second-order valence-corrected chi connectivity index (χ2v) is 6.16. The Morgan fingerprint density at radius 3 is 2.29 bits per heavy atom. The number of hydrogen-bond acceptors (Lipinski definition) is 3. The lowest BCUT2D eigenvalue weighted by Gasteiger charge is -2.11. The van der Waals surface area contributed by atoms with E-state index in [1.54, 1.807) is 6.92 Å². The van der Waals surface area contributed by atoms with Crippen molar-refractivity contribution in [1.29, 1.82) is 0 Å². The Morgan fingerprint density at radius 1 is 1.36 bits per heavy atom. The number of hydrogen-bond donors (Lipinski definition) is 0. The third-order valence-corrected chi connectivity index (χ3v) is 4.21. The van der Waals surface area contributed by atoms with Crippen molar-refractivity contribution < 1.29 is 13.2 Å². The quantitative estimate of drug-likeness (QED) is 0.636. The predicted molar refractivity (Wildman–Crippen MR) is 58.5 cm³/mol. The Kier molecular flexibility index (Phi) is 6.36. The van der Waals surface area contributed by atoms with Crippen LogP contribution in [-0.4, -0.2) is 31.6 Å². The highest BCUT2D eigenvalue weighted by Crippen LogP contribution is 2.12. The predicted octanol–water partition coefficient (Wildman–Crippen LogP) is 1.65. The average molecular weight is 241 g/mol. The Hall–Kier alpha value is -0.0900. The van der Waals surface area contributed by atoms with Gasteiger partial charge < -0.3 is 0 Å². The van der Waals surface area contributed by atoms with Gasteiger partial charge in [0.25, 0.3) is 0 Å². The molecule has 0 heterocycles. The maximum atomic E-state index is 11.2. The lowest BCUT2D eigenvalue weighted by Crippen LogP contribution is -2.18. The van der Waals surface area contributed by atoms with E-state index in [1.807, 2.05) is 0 Å². The molecule has 0 saturated heterocycles. The van der Waals surface area contributed by atoms with Gasteiger partial charge in [-0.15, -0.1) is 11.6 Å². The van der Waals surface area contributed by atoms with Crippen LogP contribution in [0.4, 0.5) is 0 Å². The number of halogens is 1. The molecular weight excluding hydrogens is 224 g/mol. The number of sulfone groups is 1. The maximum Gasteiger partial charge on any atom is 0.150 e. The standard InChI is InChI=1S/C9H17ClO3S/c1-3-14(12,13)7-5-9(4-6-10)8(2)11/h9H,3-7H2,1-2H3. The number of carbonyl (C=O) groups excluding carboxylic acids is 1. The van der Waals surface area contributed by atoms with Crippen LogP contribution < -0.4 is 0 Å². The summed E-state index contributed by atoms with van der Waals surface area (Å²) >= 11 is 5.52. The SMILES string of the molecule is CCS(=O)(=O)CCC(CCCl)C(C)=O. The number of ketones is 1. The van der Waals surface area contributed by atoms with Crippen LogP contribution in [-0.2, 0) is 14.6 Å². The van der Waals surface area contributed by atoms with Crippen LogP contribution in [0.5, 0.6) is 0 Å². The van der Waals surface area contributed by atoms with Crippen molar-refractivity contribution in [3.63, 3.8) is 0 Å². The molecule has 0 aliphatic rings. The fourth-order valence-electron chi connectivity index (χ4n) is 1.15. The molecular formula is C9H17ClO3S. The van der Waals surface area contributed by atoms with Gasteiger partial charge in [-0.25, -0.2) is 8.42 Å². The molecule has 0 aliphatic heterocycles. The van der Waals surface area contributed by atoms with Gasteiger partial charge in [0.2, 0.25) is 0 Å². The van der Waals surface area contributed by atoms with Crippen molar-refractivity contribution in [3.05, 3.63) is 0 Å². The first-order chi connectivity index (χ1) is 6.43. The van der Waals surface area contributed by atoms with E-state index >= 15 is 0 Å². The molecule has 0 fully saturated rings. The molecule has 0 radical (unpaired) electrons. The van der Waals surface area contributed by atoms with Crippen LogP contribution in [0, 0.1) is 5.92 Å². The van der Waals surface area contributed by atoms with Crippen LogP contribution in [0.15, 0.2) is 0 Å². The van der Waals surface area contributed by atoms with Gasteiger partial charge in [0.15, 0.2) is 0 Å². The highest BCUT2D eigenvalue weighted by molar-refractivity contribution is 7.91. The van der Waals surface area contributed by atoms with E-state index in [9.17, 15) is 13.2 Å². The maximum absolute atomic E-state index is 11.2. The fourth-order valence-corrected chi connectivity index (χ4v) is 2.34. The molecule has 0 aliphatic carbocycles. The Labute approximate surface area is 90.7 Å². The summed E-state index contributed by atoms with van der Waals surface area (Å²) in [5.74, 6) is 0.449. The zero-order chi connectivity index (χ0) is 11.2. The van der Waals surface area contributed by atoms with Crippen LogP contribution >= 0.6 is 11.6 Å². The molecule has 0 bridgehead atoms. The molecule has 1 unspecified atom stereocenters. The largest absolute Gasteiger partial charge is 0.300 e. The zero-order valence-corrected chi connectivity index (χ0v) is 10.2. The summed E-state index contributed by atoms with van der Waals surface area (Å²) in [7, 11) is -2.96. The first-order valence-corrected chi connectivity index (χ1v) is 7.05. The summed E-state index contributed by atoms with van der Waals surface area (Å²) in [6, 6.07) is 0. The summed E-state index contributed by atoms with van der Waals surface area (Å²) < 4.78 is 22.4. The minimum Gasteiger partial charge on any atom is -0.300 e. The van der Waals surface area contributed by atoms with Crippen LogP contribution in [0.3, 0.4) is 0 Å². The van der Waals surface area contributed by atoms with Gasteiger partial charge in [0.05, 0.1) is 5.75 Å².